The van der Waals surface area contributed by atoms with Crippen molar-refractivity contribution in [2.24, 2.45) is 0 Å². The molecular weight excluding hydrogens is 286 g/mol. The normalized spacial score (nSPS) is 25.0. The topological polar surface area (TPSA) is 29.5 Å². The van der Waals surface area contributed by atoms with Gasteiger partial charge >= 0.3 is 5.97 Å². The minimum absolute atomic E-state index is 0.119. The highest BCUT2D eigenvalue weighted by Gasteiger charge is 2.47. The summed E-state index contributed by atoms with van der Waals surface area (Å²) in [6.07, 6.45) is 0.798. The van der Waals surface area contributed by atoms with E-state index in [1.54, 1.807) is 0 Å². The molecule has 1 fully saturated rings. The summed E-state index contributed by atoms with van der Waals surface area (Å²) in [6.45, 7) is 3.28. The minimum atomic E-state index is -0.596. The molecule has 0 aliphatic carbocycles. The van der Waals surface area contributed by atoms with Gasteiger partial charge in [0.25, 0.3) is 0 Å². The SMILES string of the molecule is CC(=O)O[C@]1(c2ccccc2)CCN(C)C[C@H]1c1ccccc1. The van der Waals surface area contributed by atoms with Gasteiger partial charge in [0.05, 0.1) is 0 Å². The molecule has 0 saturated carbocycles. The first-order valence-electron chi connectivity index (χ1n) is 8.10. The van der Waals surface area contributed by atoms with Gasteiger partial charge in [-0.1, -0.05) is 60.7 Å². The van der Waals surface area contributed by atoms with Crippen molar-refractivity contribution in [2.45, 2.75) is 24.9 Å². The Kier molecular flexibility index (Phi) is 4.49. The van der Waals surface area contributed by atoms with Gasteiger partial charge in [0.15, 0.2) is 0 Å². The van der Waals surface area contributed by atoms with Crippen LogP contribution in [0.15, 0.2) is 60.7 Å². The molecule has 0 radical (unpaired) electrons. The third kappa shape index (κ3) is 3.15. The Labute approximate surface area is 137 Å². The van der Waals surface area contributed by atoms with Crippen molar-refractivity contribution >= 4 is 5.97 Å². The summed E-state index contributed by atoms with van der Waals surface area (Å²) in [5.74, 6) is -0.104. The largest absolute Gasteiger partial charge is 0.454 e. The van der Waals surface area contributed by atoms with Gasteiger partial charge in [-0.15, -0.1) is 0 Å². The number of benzene rings is 2. The van der Waals surface area contributed by atoms with Crippen LogP contribution in [0.4, 0.5) is 0 Å². The van der Waals surface area contributed by atoms with Crippen LogP contribution < -0.4 is 0 Å². The number of esters is 1. The van der Waals surface area contributed by atoms with Crippen LogP contribution in [0.3, 0.4) is 0 Å². The molecule has 0 spiro atoms. The number of likely N-dealkylation sites (N-methyl/N-ethyl adjacent to an activating group) is 1. The first-order valence-corrected chi connectivity index (χ1v) is 8.10. The average molecular weight is 309 g/mol. The van der Waals surface area contributed by atoms with E-state index in [-0.39, 0.29) is 11.9 Å². The van der Waals surface area contributed by atoms with Crippen LogP contribution in [-0.2, 0) is 15.1 Å². The standard InChI is InChI=1S/C20H23NO2/c1-16(22)23-20(18-11-7-4-8-12-18)13-14-21(2)15-19(20)17-9-5-3-6-10-17/h3-12,19H,13-15H2,1-2H3/t19-,20-/m0/s1. The zero-order valence-corrected chi connectivity index (χ0v) is 13.7. The zero-order valence-electron chi connectivity index (χ0n) is 13.7. The Hall–Kier alpha value is -2.13. The molecule has 3 nitrogen and oxygen atoms in total. The van der Waals surface area contributed by atoms with Crippen LogP contribution in [0.1, 0.15) is 30.4 Å². The molecule has 3 heteroatoms. The smallest absolute Gasteiger partial charge is 0.303 e. The van der Waals surface area contributed by atoms with Crippen LogP contribution in [0.25, 0.3) is 0 Å². The van der Waals surface area contributed by atoms with Crippen LogP contribution in [0, 0.1) is 0 Å². The third-order valence-corrected chi connectivity index (χ3v) is 4.71. The summed E-state index contributed by atoms with van der Waals surface area (Å²) in [5, 5.41) is 0. The first kappa shape index (κ1) is 15.8. The third-order valence-electron chi connectivity index (χ3n) is 4.71. The van der Waals surface area contributed by atoms with E-state index in [1.165, 1.54) is 12.5 Å². The molecule has 0 unspecified atom stereocenters. The molecule has 23 heavy (non-hydrogen) atoms. The van der Waals surface area contributed by atoms with Crippen molar-refractivity contribution in [3.63, 3.8) is 0 Å². The first-order chi connectivity index (χ1) is 11.1. The number of carbonyl (C=O) groups excluding carboxylic acids is 1. The van der Waals surface area contributed by atoms with E-state index in [2.05, 4.69) is 36.2 Å². The van der Waals surface area contributed by atoms with E-state index in [4.69, 9.17) is 4.74 Å². The maximum Gasteiger partial charge on any atom is 0.303 e. The summed E-state index contributed by atoms with van der Waals surface area (Å²) in [4.78, 5) is 14.2. The van der Waals surface area contributed by atoms with Gasteiger partial charge in [0.1, 0.15) is 5.60 Å². The van der Waals surface area contributed by atoms with E-state index in [0.29, 0.717) is 0 Å². The number of hydrogen-bond acceptors (Lipinski definition) is 3. The maximum atomic E-state index is 11.9. The molecule has 0 aromatic heterocycles. The van der Waals surface area contributed by atoms with Crippen molar-refractivity contribution in [3.05, 3.63) is 71.8 Å². The van der Waals surface area contributed by atoms with Crippen molar-refractivity contribution in [3.8, 4) is 0 Å². The van der Waals surface area contributed by atoms with Gasteiger partial charge in [0, 0.05) is 32.4 Å². The Morgan fingerprint density at radius 1 is 1.09 bits per heavy atom. The highest BCUT2D eigenvalue weighted by atomic mass is 16.6. The van der Waals surface area contributed by atoms with Crippen molar-refractivity contribution in [2.75, 3.05) is 20.1 Å². The molecule has 1 aliphatic rings. The Bertz CT molecular complexity index is 656. The average Bonchev–Trinajstić information content (AvgIpc) is 2.58. The fourth-order valence-corrected chi connectivity index (χ4v) is 3.64. The quantitative estimate of drug-likeness (QED) is 0.812. The molecule has 1 heterocycles. The summed E-state index contributed by atoms with van der Waals surface area (Å²) in [5.41, 5.74) is 1.70. The van der Waals surface area contributed by atoms with Crippen molar-refractivity contribution in [1.29, 1.82) is 0 Å². The Balaban J connectivity index is 2.12. The second-order valence-electron chi connectivity index (χ2n) is 6.32. The number of hydrogen-bond donors (Lipinski definition) is 0. The lowest BCUT2D eigenvalue weighted by Crippen LogP contribution is -2.49. The van der Waals surface area contributed by atoms with Gasteiger partial charge in [0.2, 0.25) is 0 Å². The van der Waals surface area contributed by atoms with Gasteiger partial charge in [-0.3, -0.25) is 4.79 Å². The molecule has 0 N–H and O–H groups in total. The van der Waals surface area contributed by atoms with Crippen molar-refractivity contribution < 1.29 is 9.53 Å². The number of rotatable bonds is 3. The molecular formula is C20H23NO2. The molecule has 0 bridgehead atoms. The summed E-state index contributed by atoms with van der Waals surface area (Å²) < 4.78 is 6.01. The van der Waals surface area contributed by atoms with Gasteiger partial charge < -0.3 is 9.64 Å². The lowest BCUT2D eigenvalue weighted by molar-refractivity contribution is -0.167. The van der Waals surface area contributed by atoms with Crippen LogP contribution in [0.2, 0.25) is 0 Å². The monoisotopic (exact) mass is 309 g/mol. The van der Waals surface area contributed by atoms with Gasteiger partial charge in [-0.25, -0.2) is 0 Å². The molecule has 2 atom stereocenters. The van der Waals surface area contributed by atoms with E-state index in [0.717, 1.165) is 25.1 Å². The molecule has 3 rings (SSSR count). The summed E-state index contributed by atoms with van der Waals surface area (Å²) in [6, 6.07) is 20.6. The number of nitrogens with zero attached hydrogens (tertiary/aromatic N) is 1. The molecule has 2 aromatic rings. The van der Waals surface area contributed by atoms with Crippen LogP contribution >= 0.6 is 0 Å². The Morgan fingerprint density at radius 3 is 2.30 bits per heavy atom. The second-order valence-corrected chi connectivity index (χ2v) is 6.32. The molecule has 1 saturated heterocycles. The number of carbonyl (C=O) groups is 1. The fourth-order valence-electron chi connectivity index (χ4n) is 3.64. The number of likely N-dealkylation sites (tertiary alicyclic amines) is 1. The van der Waals surface area contributed by atoms with Gasteiger partial charge in [-0.2, -0.15) is 0 Å². The highest BCUT2D eigenvalue weighted by molar-refractivity contribution is 5.67. The Morgan fingerprint density at radius 2 is 1.70 bits per heavy atom. The molecule has 1 aliphatic heterocycles. The van der Waals surface area contributed by atoms with Crippen LogP contribution in [0.5, 0.6) is 0 Å². The predicted octanol–water partition coefficient (Wildman–Crippen LogP) is 3.56. The fraction of sp³-hybridized carbons (Fsp3) is 0.350. The van der Waals surface area contributed by atoms with E-state index < -0.39 is 5.60 Å². The van der Waals surface area contributed by atoms with E-state index in [9.17, 15) is 4.79 Å². The van der Waals surface area contributed by atoms with Gasteiger partial charge in [-0.05, 0) is 18.2 Å². The number of ether oxygens (including phenoxy) is 1. The van der Waals surface area contributed by atoms with Crippen molar-refractivity contribution in [1.82, 2.24) is 4.90 Å². The molecule has 0 amide bonds. The summed E-state index contributed by atoms with van der Waals surface area (Å²) in [7, 11) is 2.12. The molecule has 120 valence electrons. The zero-order chi connectivity index (χ0) is 16.3. The lowest BCUT2D eigenvalue weighted by Gasteiger charge is -2.46. The van der Waals surface area contributed by atoms with E-state index in [1.807, 2.05) is 36.4 Å². The highest BCUT2D eigenvalue weighted by Crippen LogP contribution is 2.46. The maximum absolute atomic E-state index is 11.9. The number of piperidine rings is 1. The second kappa shape index (κ2) is 6.55. The molecule has 2 aromatic carbocycles. The lowest BCUT2D eigenvalue weighted by atomic mass is 9.72. The summed E-state index contributed by atoms with van der Waals surface area (Å²) >= 11 is 0. The minimum Gasteiger partial charge on any atom is -0.454 e. The predicted molar refractivity (Wildman–Crippen MR) is 91.2 cm³/mol. The van der Waals surface area contributed by atoms with E-state index >= 15 is 0 Å². The van der Waals surface area contributed by atoms with Crippen LogP contribution in [-0.4, -0.2) is 31.0 Å².